The van der Waals surface area contributed by atoms with Crippen LogP contribution in [0.2, 0.25) is 0 Å². The summed E-state index contributed by atoms with van der Waals surface area (Å²) < 4.78 is 0. The zero-order valence-corrected chi connectivity index (χ0v) is 17.1. The van der Waals surface area contributed by atoms with Gasteiger partial charge in [0.15, 0.2) is 0 Å². The van der Waals surface area contributed by atoms with E-state index in [0.717, 1.165) is 0 Å². The molecule has 136 valence electrons. The Morgan fingerprint density at radius 2 is 1.64 bits per heavy atom. The number of benzene rings is 3. The highest BCUT2D eigenvalue weighted by Gasteiger charge is 2.62. The first kappa shape index (κ1) is 15.8. The number of para-hydroxylation sites is 1. The van der Waals surface area contributed by atoms with Crippen molar-refractivity contribution in [3.05, 3.63) is 66.2 Å². The highest BCUT2D eigenvalue weighted by Crippen LogP contribution is 2.62. The highest BCUT2D eigenvalue weighted by atomic mass is 32.2. The summed E-state index contributed by atoms with van der Waals surface area (Å²) in [5.74, 6) is 0. The summed E-state index contributed by atoms with van der Waals surface area (Å²) in [7, 11) is 0. The molecule has 0 bridgehead atoms. The van der Waals surface area contributed by atoms with E-state index in [2.05, 4.69) is 79.4 Å². The summed E-state index contributed by atoms with van der Waals surface area (Å²) in [6, 6.07) is 23.1. The van der Waals surface area contributed by atoms with Gasteiger partial charge >= 0.3 is 0 Å². The second-order valence-electron chi connectivity index (χ2n) is 9.30. The fraction of sp³-hybridized carbons (Fsp3) is 0.280. The number of rotatable bonds is 0. The van der Waals surface area contributed by atoms with E-state index in [1.54, 1.807) is 5.56 Å². The van der Waals surface area contributed by atoms with Crippen LogP contribution in [0.3, 0.4) is 0 Å². The SMILES string of the molecule is CC12CCC[C@@]1(C)c1cccc3c1N2c1cccc2c1B3c1ccccc1S2. The van der Waals surface area contributed by atoms with Gasteiger partial charge in [-0.15, -0.1) is 0 Å². The average Bonchev–Trinajstić information content (AvgIpc) is 3.12. The molecular weight excluding hydrogens is 357 g/mol. The minimum atomic E-state index is 0.174. The quantitative estimate of drug-likeness (QED) is 0.419. The van der Waals surface area contributed by atoms with Gasteiger partial charge in [-0.1, -0.05) is 73.0 Å². The van der Waals surface area contributed by atoms with Crippen molar-refractivity contribution in [2.45, 2.75) is 53.9 Å². The van der Waals surface area contributed by atoms with Gasteiger partial charge in [-0.25, -0.2) is 0 Å². The largest absolute Gasteiger partial charge is 0.335 e. The molecule has 1 aliphatic carbocycles. The highest BCUT2D eigenvalue weighted by molar-refractivity contribution is 8.00. The van der Waals surface area contributed by atoms with E-state index in [0.29, 0.717) is 6.71 Å². The van der Waals surface area contributed by atoms with Crippen molar-refractivity contribution in [1.29, 1.82) is 0 Å². The molecule has 1 fully saturated rings. The summed E-state index contributed by atoms with van der Waals surface area (Å²) in [6.07, 6.45) is 3.89. The van der Waals surface area contributed by atoms with Crippen molar-refractivity contribution in [2.75, 3.05) is 4.90 Å². The van der Waals surface area contributed by atoms with Crippen molar-refractivity contribution in [3.63, 3.8) is 0 Å². The third kappa shape index (κ3) is 1.55. The molecule has 2 atom stereocenters. The molecule has 3 heteroatoms. The first-order valence-corrected chi connectivity index (χ1v) is 11.3. The molecule has 7 rings (SSSR count). The fourth-order valence-corrected chi connectivity index (χ4v) is 7.92. The molecular formula is C25H22BNS. The maximum absolute atomic E-state index is 2.76. The Morgan fingerprint density at radius 1 is 0.857 bits per heavy atom. The topological polar surface area (TPSA) is 3.24 Å². The molecule has 1 saturated carbocycles. The van der Waals surface area contributed by atoms with Crippen LogP contribution in [0.25, 0.3) is 0 Å². The second-order valence-corrected chi connectivity index (χ2v) is 10.4. The van der Waals surface area contributed by atoms with Crippen molar-refractivity contribution in [2.24, 2.45) is 0 Å². The summed E-state index contributed by atoms with van der Waals surface area (Å²) in [4.78, 5) is 5.61. The third-order valence-electron chi connectivity index (χ3n) is 8.24. The lowest BCUT2D eigenvalue weighted by Crippen LogP contribution is -2.62. The average molecular weight is 379 g/mol. The van der Waals surface area contributed by atoms with Crippen LogP contribution in [0, 0.1) is 0 Å². The van der Waals surface area contributed by atoms with E-state index < -0.39 is 0 Å². The van der Waals surface area contributed by atoms with Gasteiger partial charge in [-0.05, 0) is 54.5 Å². The Hall–Kier alpha value is -2.13. The molecule has 0 saturated heterocycles. The van der Waals surface area contributed by atoms with Crippen LogP contribution in [-0.2, 0) is 5.41 Å². The molecule has 3 aliphatic heterocycles. The van der Waals surface area contributed by atoms with E-state index in [9.17, 15) is 0 Å². The standard InChI is InChI=1S/C25H22BNS/c1-24-14-7-15-25(24,2)27-19-11-6-13-21-22(19)26(17-9-3-4-12-20(17)28-21)18-10-5-8-16(24)23(18)27/h3-6,8-13H,7,14-15H2,1-2H3/t24-,25?/m0/s1. The molecule has 28 heavy (non-hydrogen) atoms. The Kier molecular flexibility index (Phi) is 2.75. The van der Waals surface area contributed by atoms with Gasteiger partial charge in [0.05, 0.1) is 5.54 Å². The maximum Gasteiger partial charge on any atom is 0.249 e. The lowest BCUT2D eigenvalue weighted by Gasteiger charge is -2.46. The Morgan fingerprint density at radius 3 is 2.57 bits per heavy atom. The monoisotopic (exact) mass is 379 g/mol. The minimum Gasteiger partial charge on any atom is -0.335 e. The number of anilines is 2. The number of hydrogen-bond donors (Lipinski definition) is 0. The first-order valence-electron chi connectivity index (χ1n) is 10.5. The van der Waals surface area contributed by atoms with Crippen LogP contribution in [0.5, 0.6) is 0 Å². The molecule has 0 aromatic heterocycles. The zero-order valence-electron chi connectivity index (χ0n) is 16.3. The molecule has 1 unspecified atom stereocenters. The molecule has 1 nitrogen and oxygen atoms in total. The lowest BCUT2D eigenvalue weighted by molar-refractivity contribution is 0.330. The van der Waals surface area contributed by atoms with Crippen LogP contribution in [0.1, 0.15) is 38.7 Å². The smallest absolute Gasteiger partial charge is 0.249 e. The number of hydrogen-bond acceptors (Lipinski definition) is 2. The van der Waals surface area contributed by atoms with Crippen molar-refractivity contribution in [1.82, 2.24) is 0 Å². The molecule has 4 aliphatic rings. The van der Waals surface area contributed by atoms with Gasteiger partial charge in [-0.2, -0.15) is 0 Å². The fourth-order valence-electron chi connectivity index (χ4n) is 6.75. The Labute approximate surface area is 171 Å². The van der Waals surface area contributed by atoms with Gasteiger partial charge < -0.3 is 4.90 Å². The summed E-state index contributed by atoms with van der Waals surface area (Å²) in [5.41, 5.74) is 9.50. The molecule has 0 spiro atoms. The summed E-state index contributed by atoms with van der Waals surface area (Å²) in [6.45, 7) is 5.41. The van der Waals surface area contributed by atoms with E-state index >= 15 is 0 Å². The summed E-state index contributed by atoms with van der Waals surface area (Å²) >= 11 is 1.95. The van der Waals surface area contributed by atoms with Crippen LogP contribution in [-0.4, -0.2) is 12.3 Å². The zero-order chi connectivity index (χ0) is 18.7. The lowest BCUT2D eigenvalue weighted by atomic mass is 9.35. The second kappa shape index (κ2) is 4.89. The van der Waals surface area contributed by atoms with E-state index in [-0.39, 0.29) is 11.0 Å². The molecule has 3 heterocycles. The van der Waals surface area contributed by atoms with E-state index in [4.69, 9.17) is 0 Å². The van der Waals surface area contributed by atoms with Gasteiger partial charge in [-0.3, -0.25) is 0 Å². The first-order chi connectivity index (χ1) is 13.6. The normalized spacial score (nSPS) is 27.9. The predicted molar refractivity (Wildman–Crippen MR) is 120 cm³/mol. The van der Waals surface area contributed by atoms with Gasteiger partial charge in [0.1, 0.15) is 0 Å². The molecule has 0 radical (unpaired) electrons. The number of nitrogens with zero attached hydrogens (tertiary/aromatic N) is 1. The van der Waals surface area contributed by atoms with Gasteiger partial charge in [0, 0.05) is 26.6 Å². The van der Waals surface area contributed by atoms with Crippen LogP contribution < -0.4 is 21.3 Å². The van der Waals surface area contributed by atoms with Crippen molar-refractivity contribution >= 4 is 46.2 Å². The molecule has 0 N–H and O–H groups in total. The van der Waals surface area contributed by atoms with Crippen LogP contribution in [0.4, 0.5) is 11.4 Å². The third-order valence-corrected chi connectivity index (χ3v) is 9.41. The van der Waals surface area contributed by atoms with Crippen LogP contribution in [0.15, 0.2) is 70.5 Å². The Balaban J connectivity index is 1.64. The minimum absolute atomic E-state index is 0.174. The molecule has 3 aromatic carbocycles. The van der Waals surface area contributed by atoms with E-state index in [1.807, 2.05) is 11.8 Å². The van der Waals surface area contributed by atoms with Crippen molar-refractivity contribution < 1.29 is 0 Å². The Bertz CT molecular complexity index is 1190. The molecule has 0 amide bonds. The molecule has 3 aromatic rings. The maximum atomic E-state index is 2.76. The number of fused-ring (bicyclic) bond motifs is 7. The van der Waals surface area contributed by atoms with Crippen molar-refractivity contribution in [3.8, 4) is 0 Å². The van der Waals surface area contributed by atoms with Gasteiger partial charge in [0.2, 0.25) is 6.71 Å². The predicted octanol–water partition coefficient (Wildman–Crippen LogP) is 4.33. The summed E-state index contributed by atoms with van der Waals surface area (Å²) in [5, 5.41) is 0. The van der Waals surface area contributed by atoms with Crippen LogP contribution >= 0.6 is 11.8 Å². The van der Waals surface area contributed by atoms with E-state index in [1.165, 1.54) is 56.8 Å². The van der Waals surface area contributed by atoms with Gasteiger partial charge in [0.25, 0.3) is 0 Å².